The molecule has 0 aromatic carbocycles. The summed E-state index contributed by atoms with van der Waals surface area (Å²) >= 11 is 0. The highest BCUT2D eigenvalue weighted by atomic mass is 15.4. The Bertz CT molecular complexity index is 71.3. The normalized spacial score (nSPS) is 12.0. The van der Waals surface area contributed by atoms with Crippen molar-refractivity contribution in [3.8, 4) is 0 Å². The highest BCUT2D eigenvalue weighted by molar-refractivity contribution is 4.70. The lowest BCUT2D eigenvalue weighted by Gasteiger charge is -2.25. The molecule has 0 saturated carbocycles. The summed E-state index contributed by atoms with van der Waals surface area (Å²) < 4.78 is 0. The van der Waals surface area contributed by atoms with Gasteiger partial charge in [-0.05, 0) is 18.9 Å². The van der Waals surface area contributed by atoms with Crippen LogP contribution >= 0.6 is 0 Å². The highest BCUT2D eigenvalue weighted by Crippen LogP contribution is 2.10. The molecule has 2 N–H and O–H groups in total. The van der Waals surface area contributed by atoms with Crippen LogP contribution in [0.15, 0.2) is 0 Å². The third-order valence-electron chi connectivity index (χ3n) is 1.75. The zero-order valence-corrected chi connectivity index (χ0v) is 7.73. The standard InChI is InChI=1S/C8H20N2/c1-6(2)8(7(3)4)10-9-5/h6-10H,1-5H3. The van der Waals surface area contributed by atoms with Gasteiger partial charge in [0.25, 0.3) is 0 Å². The molecule has 2 heteroatoms. The molecule has 0 aromatic heterocycles. The summed E-state index contributed by atoms with van der Waals surface area (Å²) in [6.07, 6.45) is 0. The zero-order chi connectivity index (χ0) is 8.15. The fourth-order valence-corrected chi connectivity index (χ4v) is 1.27. The third kappa shape index (κ3) is 3.18. The Kier molecular flexibility index (Phi) is 4.65. The molecule has 0 rings (SSSR count). The fraction of sp³-hybridized carbons (Fsp3) is 1.00. The van der Waals surface area contributed by atoms with Crippen LogP contribution < -0.4 is 10.9 Å². The Hall–Kier alpha value is -0.0800. The van der Waals surface area contributed by atoms with E-state index >= 15 is 0 Å². The van der Waals surface area contributed by atoms with E-state index in [2.05, 4.69) is 38.5 Å². The minimum atomic E-state index is 0.574. The lowest BCUT2D eigenvalue weighted by atomic mass is 9.94. The van der Waals surface area contributed by atoms with Gasteiger partial charge in [-0.1, -0.05) is 27.7 Å². The first-order chi connectivity index (χ1) is 4.59. The van der Waals surface area contributed by atoms with Crippen molar-refractivity contribution < 1.29 is 0 Å². The topological polar surface area (TPSA) is 24.1 Å². The third-order valence-corrected chi connectivity index (χ3v) is 1.75. The van der Waals surface area contributed by atoms with Gasteiger partial charge in [0.2, 0.25) is 0 Å². The number of hydrogen-bond acceptors (Lipinski definition) is 2. The largest absolute Gasteiger partial charge is 0.261 e. The molecule has 0 fully saturated rings. The first-order valence-corrected chi connectivity index (χ1v) is 4.01. The predicted octanol–water partition coefficient (Wildman–Crippen LogP) is 1.39. The van der Waals surface area contributed by atoms with Gasteiger partial charge in [0.15, 0.2) is 0 Å². The van der Waals surface area contributed by atoms with Gasteiger partial charge >= 0.3 is 0 Å². The molecule has 0 spiro atoms. The van der Waals surface area contributed by atoms with Crippen LogP contribution in [0, 0.1) is 11.8 Å². The molecule has 0 radical (unpaired) electrons. The van der Waals surface area contributed by atoms with Crippen LogP contribution in [-0.2, 0) is 0 Å². The van der Waals surface area contributed by atoms with E-state index in [1.54, 1.807) is 0 Å². The summed E-state index contributed by atoms with van der Waals surface area (Å²) in [7, 11) is 1.91. The molecule has 0 bridgehead atoms. The summed E-state index contributed by atoms with van der Waals surface area (Å²) in [5, 5.41) is 0. The lowest BCUT2D eigenvalue weighted by molar-refractivity contribution is 0.291. The van der Waals surface area contributed by atoms with E-state index in [0.717, 1.165) is 0 Å². The first kappa shape index (κ1) is 9.92. The summed E-state index contributed by atoms with van der Waals surface area (Å²) in [4.78, 5) is 0. The van der Waals surface area contributed by atoms with Gasteiger partial charge < -0.3 is 0 Å². The zero-order valence-electron chi connectivity index (χ0n) is 7.73. The van der Waals surface area contributed by atoms with E-state index in [0.29, 0.717) is 17.9 Å². The average Bonchev–Trinajstić information content (AvgIpc) is 1.81. The summed E-state index contributed by atoms with van der Waals surface area (Å²) in [6.45, 7) is 8.92. The van der Waals surface area contributed by atoms with Crippen LogP contribution in [0.25, 0.3) is 0 Å². The maximum atomic E-state index is 3.23. The monoisotopic (exact) mass is 144 g/mol. The molecule has 0 atom stereocenters. The van der Waals surface area contributed by atoms with E-state index in [1.165, 1.54) is 0 Å². The Morgan fingerprint density at radius 1 is 0.900 bits per heavy atom. The van der Waals surface area contributed by atoms with E-state index in [1.807, 2.05) is 7.05 Å². The second-order valence-corrected chi connectivity index (χ2v) is 3.41. The quantitative estimate of drug-likeness (QED) is 0.583. The van der Waals surface area contributed by atoms with Gasteiger partial charge in [0.1, 0.15) is 0 Å². The lowest BCUT2D eigenvalue weighted by Crippen LogP contribution is -2.44. The van der Waals surface area contributed by atoms with Crippen LogP contribution in [-0.4, -0.2) is 13.1 Å². The molecule has 0 aliphatic heterocycles. The van der Waals surface area contributed by atoms with Crippen LogP contribution in [0.4, 0.5) is 0 Å². The van der Waals surface area contributed by atoms with Gasteiger partial charge in [-0.2, -0.15) is 0 Å². The Morgan fingerprint density at radius 3 is 1.40 bits per heavy atom. The molecule has 0 unspecified atom stereocenters. The second kappa shape index (κ2) is 4.69. The number of hydrazine groups is 1. The van der Waals surface area contributed by atoms with Gasteiger partial charge in [-0.15, -0.1) is 0 Å². The van der Waals surface area contributed by atoms with Crippen molar-refractivity contribution >= 4 is 0 Å². The molecule has 10 heavy (non-hydrogen) atoms. The van der Waals surface area contributed by atoms with Gasteiger partial charge in [-0.3, -0.25) is 10.9 Å². The van der Waals surface area contributed by atoms with Crippen molar-refractivity contribution in [3.05, 3.63) is 0 Å². The van der Waals surface area contributed by atoms with Crippen LogP contribution in [0.1, 0.15) is 27.7 Å². The van der Waals surface area contributed by atoms with Gasteiger partial charge in [0.05, 0.1) is 0 Å². The molecule has 0 aliphatic carbocycles. The summed E-state index contributed by atoms with van der Waals surface area (Å²) in [5.41, 5.74) is 6.21. The van der Waals surface area contributed by atoms with Crippen LogP contribution in [0.5, 0.6) is 0 Å². The minimum Gasteiger partial charge on any atom is -0.261 e. The van der Waals surface area contributed by atoms with E-state index < -0.39 is 0 Å². The minimum absolute atomic E-state index is 0.574. The molecule has 0 heterocycles. The van der Waals surface area contributed by atoms with Crippen LogP contribution in [0.3, 0.4) is 0 Å². The highest BCUT2D eigenvalue weighted by Gasteiger charge is 2.15. The Balaban J connectivity index is 3.73. The summed E-state index contributed by atoms with van der Waals surface area (Å²) in [6, 6.07) is 0.574. The molecular weight excluding hydrogens is 124 g/mol. The van der Waals surface area contributed by atoms with Crippen molar-refractivity contribution in [2.45, 2.75) is 33.7 Å². The summed E-state index contributed by atoms with van der Waals surface area (Å²) in [5.74, 6) is 1.37. The number of hydrogen-bond donors (Lipinski definition) is 2. The number of rotatable bonds is 4. The van der Waals surface area contributed by atoms with Crippen molar-refractivity contribution in [2.75, 3.05) is 7.05 Å². The smallest absolute Gasteiger partial charge is 0.0258 e. The van der Waals surface area contributed by atoms with Crippen molar-refractivity contribution in [2.24, 2.45) is 11.8 Å². The van der Waals surface area contributed by atoms with Gasteiger partial charge in [-0.25, -0.2) is 0 Å². The predicted molar refractivity (Wildman–Crippen MR) is 45.7 cm³/mol. The molecule has 0 aromatic rings. The van der Waals surface area contributed by atoms with Crippen LogP contribution in [0.2, 0.25) is 0 Å². The maximum absolute atomic E-state index is 3.23. The van der Waals surface area contributed by atoms with E-state index in [9.17, 15) is 0 Å². The second-order valence-electron chi connectivity index (χ2n) is 3.41. The molecule has 0 amide bonds. The molecule has 0 aliphatic rings. The first-order valence-electron chi connectivity index (χ1n) is 4.01. The van der Waals surface area contributed by atoms with E-state index in [-0.39, 0.29) is 0 Å². The van der Waals surface area contributed by atoms with Gasteiger partial charge in [0, 0.05) is 6.04 Å². The van der Waals surface area contributed by atoms with Crippen molar-refractivity contribution in [1.82, 2.24) is 10.9 Å². The fourth-order valence-electron chi connectivity index (χ4n) is 1.27. The molecule has 0 saturated heterocycles. The Labute approximate surface area is 64.4 Å². The molecule has 62 valence electrons. The average molecular weight is 144 g/mol. The van der Waals surface area contributed by atoms with Crippen molar-refractivity contribution in [1.29, 1.82) is 0 Å². The number of nitrogens with one attached hydrogen (secondary N) is 2. The SMILES string of the molecule is CNNC(C(C)C)C(C)C. The molecule has 2 nitrogen and oxygen atoms in total. The molecular formula is C8H20N2. The van der Waals surface area contributed by atoms with E-state index in [4.69, 9.17) is 0 Å². The Morgan fingerprint density at radius 2 is 1.30 bits per heavy atom. The maximum Gasteiger partial charge on any atom is 0.0258 e. The van der Waals surface area contributed by atoms with Crippen molar-refractivity contribution in [3.63, 3.8) is 0 Å².